The molecule has 0 bridgehead atoms. The molecule has 0 spiro atoms. The molecule has 1 aromatic heterocycles. The Morgan fingerprint density at radius 3 is 2.87 bits per heavy atom. The van der Waals surface area contributed by atoms with E-state index in [9.17, 15) is 9.90 Å². The Kier molecular flexibility index (Phi) is 5.67. The molecular formula is C17H27N3O3. The van der Waals surface area contributed by atoms with Crippen LogP contribution in [0.3, 0.4) is 0 Å². The fourth-order valence-electron chi connectivity index (χ4n) is 3.09. The zero-order valence-corrected chi connectivity index (χ0v) is 13.6. The molecule has 23 heavy (non-hydrogen) atoms. The van der Waals surface area contributed by atoms with E-state index < -0.39 is 6.10 Å². The number of nitrogens with one attached hydrogen (secondary N) is 2. The molecule has 0 radical (unpaired) electrons. The van der Waals surface area contributed by atoms with Crippen LogP contribution in [0.2, 0.25) is 0 Å². The van der Waals surface area contributed by atoms with Crippen molar-refractivity contribution in [2.24, 2.45) is 5.92 Å². The number of carbonyl (C=O) groups excluding carboxylic acids is 1. The third-order valence-corrected chi connectivity index (χ3v) is 4.73. The largest absolute Gasteiger partial charge is 0.389 e. The summed E-state index contributed by atoms with van der Waals surface area (Å²) < 4.78 is 5.42. The molecule has 6 heteroatoms. The summed E-state index contributed by atoms with van der Waals surface area (Å²) in [4.78, 5) is 12.1. The summed E-state index contributed by atoms with van der Waals surface area (Å²) in [7, 11) is 0. The molecular weight excluding hydrogens is 294 g/mol. The number of nitrogens with zero attached hydrogens (tertiary/aromatic N) is 1. The summed E-state index contributed by atoms with van der Waals surface area (Å²) in [6.45, 7) is 1.18. The highest BCUT2D eigenvalue weighted by atomic mass is 16.5. The van der Waals surface area contributed by atoms with Crippen LogP contribution >= 0.6 is 0 Å². The Balaban J connectivity index is 1.39. The summed E-state index contributed by atoms with van der Waals surface area (Å²) in [5.74, 6) is 0.933. The van der Waals surface area contributed by atoms with E-state index in [4.69, 9.17) is 4.74 Å². The van der Waals surface area contributed by atoms with Crippen LogP contribution in [-0.4, -0.2) is 47.1 Å². The Bertz CT molecular complexity index is 507. The molecule has 0 aromatic carbocycles. The second kappa shape index (κ2) is 7.93. The van der Waals surface area contributed by atoms with Crippen molar-refractivity contribution in [2.45, 2.75) is 57.0 Å². The predicted molar refractivity (Wildman–Crippen MR) is 86.3 cm³/mol. The zero-order chi connectivity index (χ0) is 16.1. The molecule has 2 saturated carbocycles. The topological polar surface area (TPSA) is 87.2 Å². The second-order valence-corrected chi connectivity index (χ2v) is 6.89. The molecule has 1 heterocycles. The van der Waals surface area contributed by atoms with Gasteiger partial charge in [-0.15, -0.1) is 0 Å². The summed E-state index contributed by atoms with van der Waals surface area (Å²) >= 11 is 0. The number of H-pyrrole nitrogens is 1. The van der Waals surface area contributed by atoms with Crippen LogP contribution in [0.15, 0.2) is 6.07 Å². The van der Waals surface area contributed by atoms with Crippen LogP contribution in [0.25, 0.3) is 0 Å². The van der Waals surface area contributed by atoms with Gasteiger partial charge in [-0.25, -0.2) is 0 Å². The van der Waals surface area contributed by atoms with Crippen molar-refractivity contribution in [3.05, 3.63) is 17.5 Å². The molecule has 6 nitrogen and oxygen atoms in total. The summed E-state index contributed by atoms with van der Waals surface area (Å²) in [6, 6.07) is 1.85. The fourth-order valence-corrected chi connectivity index (χ4v) is 3.09. The predicted octanol–water partition coefficient (Wildman–Crippen LogP) is 1.97. The Labute approximate surface area is 137 Å². The lowest BCUT2D eigenvalue weighted by Gasteiger charge is -2.19. The standard InChI is InChI=1S/C17H27N3O3/c21-14(11-23-10-12-6-7-12)9-18-17(22)16-8-15(19-20-16)13-4-2-1-3-5-13/h8,12-14,21H,1-7,9-11H2,(H,18,22)(H,19,20). The molecule has 1 unspecified atom stereocenters. The lowest BCUT2D eigenvalue weighted by Crippen LogP contribution is -2.34. The maximum atomic E-state index is 12.1. The molecule has 1 amide bonds. The quantitative estimate of drug-likeness (QED) is 0.683. The van der Waals surface area contributed by atoms with Gasteiger partial charge in [0.2, 0.25) is 0 Å². The number of aliphatic hydroxyl groups is 1. The molecule has 1 atom stereocenters. The first-order chi connectivity index (χ1) is 11.2. The van der Waals surface area contributed by atoms with Crippen LogP contribution in [0.4, 0.5) is 0 Å². The van der Waals surface area contributed by atoms with Gasteiger partial charge in [-0.2, -0.15) is 5.10 Å². The van der Waals surface area contributed by atoms with Gasteiger partial charge in [0.25, 0.3) is 5.91 Å². The minimum Gasteiger partial charge on any atom is -0.389 e. The summed E-state index contributed by atoms with van der Waals surface area (Å²) in [5.41, 5.74) is 1.46. The lowest BCUT2D eigenvalue weighted by atomic mass is 9.87. The molecule has 2 aliphatic carbocycles. The van der Waals surface area contributed by atoms with Crippen molar-refractivity contribution in [3.8, 4) is 0 Å². The molecule has 1 aromatic rings. The van der Waals surface area contributed by atoms with E-state index in [1.165, 1.54) is 44.9 Å². The Hall–Kier alpha value is -1.40. The number of ether oxygens (including phenoxy) is 1. The number of aromatic amines is 1. The van der Waals surface area contributed by atoms with Gasteiger partial charge in [0.05, 0.1) is 12.7 Å². The van der Waals surface area contributed by atoms with Gasteiger partial charge in [0, 0.05) is 24.8 Å². The van der Waals surface area contributed by atoms with Crippen molar-refractivity contribution in [1.82, 2.24) is 15.5 Å². The number of aliphatic hydroxyl groups excluding tert-OH is 1. The van der Waals surface area contributed by atoms with Crippen LogP contribution in [0.5, 0.6) is 0 Å². The first kappa shape index (κ1) is 16.5. The van der Waals surface area contributed by atoms with Crippen molar-refractivity contribution in [2.75, 3.05) is 19.8 Å². The van der Waals surface area contributed by atoms with E-state index in [0.29, 0.717) is 17.5 Å². The number of rotatable bonds is 8. The Morgan fingerprint density at radius 1 is 1.35 bits per heavy atom. The molecule has 2 fully saturated rings. The monoisotopic (exact) mass is 321 g/mol. The maximum absolute atomic E-state index is 12.1. The van der Waals surface area contributed by atoms with E-state index in [-0.39, 0.29) is 19.1 Å². The fraction of sp³-hybridized carbons (Fsp3) is 0.765. The first-order valence-electron chi connectivity index (χ1n) is 8.81. The number of carbonyl (C=O) groups is 1. The van der Waals surface area contributed by atoms with Crippen LogP contribution < -0.4 is 5.32 Å². The SMILES string of the molecule is O=C(NCC(O)COCC1CC1)c1cc(C2CCCCC2)[nH]n1. The van der Waals surface area contributed by atoms with Crippen LogP contribution in [0, 0.1) is 5.92 Å². The number of amides is 1. The summed E-state index contributed by atoms with van der Waals surface area (Å²) in [5, 5.41) is 19.6. The number of aromatic nitrogens is 2. The third kappa shape index (κ3) is 5.04. The van der Waals surface area contributed by atoms with Gasteiger partial charge >= 0.3 is 0 Å². The minimum absolute atomic E-state index is 0.190. The molecule has 0 aliphatic heterocycles. The van der Waals surface area contributed by atoms with Crippen molar-refractivity contribution >= 4 is 5.91 Å². The average Bonchev–Trinajstić information content (AvgIpc) is 3.26. The van der Waals surface area contributed by atoms with Crippen molar-refractivity contribution < 1.29 is 14.6 Å². The highest BCUT2D eigenvalue weighted by Gasteiger charge is 2.22. The van der Waals surface area contributed by atoms with Crippen molar-refractivity contribution in [1.29, 1.82) is 0 Å². The second-order valence-electron chi connectivity index (χ2n) is 6.89. The number of hydrogen-bond acceptors (Lipinski definition) is 4. The van der Waals surface area contributed by atoms with E-state index in [2.05, 4.69) is 15.5 Å². The van der Waals surface area contributed by atoms with E-state index in [1.54, 1.807) is 0 Å². The maximum Gasteiger partial charge on any atom is 0.271 e. The van der Waals surface area contributed by atoms with Gasteiger partial charge in [-0.05, 0) is 37.7 Å². The highest BCUT2D eigenvalue weighted by molar-refractivity contribution is 5.92. The smallest absolute Gasteiger partial charge is 0.271 e. The molecule has 2 aliphatic rings. The minimum atomic E-state index is -0.672. The van der Waals surface area contributed by atoms with Gasteiger partial charge in [-0.1, -0.05) is 19.3 Å². The number of hydrogen-bond donors (Lipinski definition) is 3. The molecule has 3 N–H and O–H groups in total. The molecule has 0 saturated heterocycles. The summed E-state index contributed by atoms with van der Waals surface area (Å²) in [6.07, 6.45) is 7.93. The molecule has 3 rings (SSSR count). The normalized spacial score (nSPS) is 20.4. The highest BCUT2D eigenvalue weighted by Crippen LogP contribution is 2.31. The average molecular weight is 321 g/mol. The van der Waals surface area contributed by atoms with Gasteiger partial charge in [0.15, 0.2) is 0 Å². The van der Waals surface area contributed by atoms with E-state index in [1.807, 2.05) is 6.07 Å². The lowest BCUT2D eigenvalue weighted by molar-refractivity contribution is 0.0320. The van der Waals surface area contributed by atoms with E-state index >= 15 is 0 Å². The zero-order valence-electron chi connectivity index (χ0n) is 13.6. The third-order valence-electron chi connectivity index (χ3n) is 4.73. The van der Waals surface area contributed by atoms with Gasteiger partial charge in [0.1, 0.15) is 5.69 Å². The molecule has 128 valence electrons. The Morgan fingerprint density at radius 2 is 2.13 bits per heavy atom. The van der Waals surface area contributed by atoms with Crippen LogP contribution in [-0.2, 0) is 4.74 Å². The van der Waals surface area contributed by atoms with Crippen molar-refractivity contribution in [3.63, 3.8) is 0 Å². The van der Waals surface area contributed by atoms with E-state index in [0.717, 1.165) is 12.3 Å². The van der Waals surface area contributed by atoms with Crippen LogP contribution in [0.1, 0.15) is 67.0 Å². The van der Waals surface area contributed by atoms with Gasteiger partial charge < -0.3 is 15.2 Å². The first-order valence-corrected chi connectivity index (χ1v) is 8.81. The van der Waals surface area contributed by atoms with Gasteiger partial charge in [-0.3, -0.25) is 9.89 Å².